The number of fused-ring (bicyclic) bond motifs is 1. The van der Waals surface area contributed by atoms with Crippen molar-refractivity contribution in [2.24, 2.45) is 0 Å². The van der Waals surface area contributed by atoms with Crippen molar-refractivity contribution >= 4 is 11.0 Å². The molecule has 1 atom stereocenters. The number of nitrogens with one attached hydrogen (secondary N) is 1. The minimum Gasteiger partial charge on any atom is -0.327 e. The van der Waals surface area contributed by atoms with Crippen LogP contribution in [0.15, 0.2) is 42.7 Å². The fourth-order valence-electron chi connectivity index (χ4n) is 2.63. The molecule has 5 nitrogen and oxygen atoms in total. The lowest BCUT2D eigenvalue weighted by Gasteiger charge is -2.14. The maximum Gasteiger partial charge on any atom is 0.123 e. The van der Waals surface area contributed by atoms with Gasteiger partial charge in [-0.05, 0) is 32.0 Å². The number of aromatic nitrogens is 4. The predicted octanol–water partition coefficient (Wildman–Crippen LogP) is 2.43. The van der Waals surface area contributed by atoms with E-state index in [1.54, 1.807) is 0 Å². The van der Waals surface area contributed by atoms with E-state index in [1.165, 1.54) is 5.52 Å². The zero-order valence-corrected chi connectivity index (χ0v) is 12.5. The molecule has 0 bridgehead atoms. The topological polar surface area (TPSA) is 47.7 Å². The van der Waals surface area contributed by atoms with Crippen molar-refractivity contribution in [2.75, 3.05) is 0 Å². The van der Waals surface area contributed by atoms with Crippen LogP contribution in [0.4, 0.5) is 0 Å². The number of para-hydroxylation sites is 2. The number of imidazole rings is 1. The van der Waals surface area contributed by atoms with Crippen molar-refractivity contribution in [2.45, 2.75) is 39.5 Å². The zero-order chi connectivity index (χ0) is 14.7. The minimum atomic E-state index is 0.343. The fraction of sp³-hybridized carbons (Fsp3) is 0.375. The van der Waals surface area contributed by atoms with Gasteiger partial charge in [0, 0.05) is 25.0 Å². The summed E-state index contributed by atoms with van der Waals surface area (Å²) < 4.78 is 4.21. The van der Waals surface area contributed by atoms with E-state index in [4.69, 9.17) is 4.98 Å². The summed E-state index contributed by atoms with van der Waals surface area (Å²) in [7, 11) is 0. The normalized spacial score (nSPS) is 12.9. The number of rotatable bonds is 6. The average Bonchev–Trinajstić information content (AvgIpc) is 3.11. The van der Waals surface area contributed by atoms with Gasteiger partial charge in [-0.1, -0.05) is 12.1 Å². The van der Waals surface area contributed by atoms with E-state index in [0.717, 1.165) is 31.0 Å². The van der Waals surface area contributed by atoms with Gasteiger partial charge in [-0.2, -0.15) is 5.10 Å². The number of hydrogen-bond donors (Lipinski definition) is 1. The molecule has 110 valence electrons. The van der Waals surface area contributed by atoms with Crippen molar-refractivity contribution in [3.8, 4) is 0 Å². The standard InChI is InChI=1S/C16H21N5/c1-3-21-15-8-5-4-7-14(15)19-16(21)11-17-13(2)12-20-10-6-9-18-20/h4-10,13,17H,3,11-12H2,1-2H3. The summed E-state index contributed by atoms with van der Waals surface area (Å²) in [5, 5.41) is 7.76. The van der Waals surface area contributed by atoms with Gasteiger partial charge in [0.05, 0.1) is 24.1 Å². The van der Waals surface area contributed by atoms with E-state index < -0.39 is 0 Å². The highest BCUT2D eigenvalue weighted by atomic mass is 15.3. The Morgan fingerprint density at radius 3 is 2.86 bits per heavy atom. The van der Waals surface area contributed by atoms with Crippen LogP contribution in [-0.4, -0.2) is 25.4 Å². The van der Waals surface area contributed by atoms with Gasteiger partial charge in [0.1, 0.15) is 5.82 Å². The molecule has 0 saturated carbocycles. The molecule has 0 fully saturated rings. The van der Waals surface area contributed by atoms with Gasteiger partial charge in [0.2, 0.25) is 0 Å². The summed E-state index contributed by atoms with van der Waals surface area (Å²) >= 11 is 0. The molecule has 0 aliphatic carbocycles. The zero-order valence-electron chi connectivity index (χ0n) is 12.5. The molecule has 21 heavy (non-hydrogen) atoms. The molecule has 0 aliphatic rings. The second kappa shape index (κ2) is 6.10. The van der Waals surface area contributed by atoms with Gasteiger partial charge in [0.25, 0.3) is 0 Å². The second-order valence-corrected chi connectivity index (χ2v) is 5.27. The molecule has 0 amide bonds. The molecule has 1 unspecified atom stereocenters. The molecule has 3 aromatic rings. The lowest BCUT2D eigenvalue weighted by atomic mass is 10.3. The summed E-state index contributed by atoms with van der Waals surface area (Å²) in [6, 6.07) is 10.6. The third-order valence-electron chi connectivity index (χ3n) is 3.68. The SMILES string of the molecule is CCn1c(CNC(C)Cn2cccn2)nc2ccccc21. The van der Waals surface area contributed by atoms with E-state index in [9.17, 15) is 0 Å². The molecular formula is C16H21N5. The first-order valence-electron chi connectivity index (χ1n) is 7.43. The molecule has 5 heteroatoms. The largest absolute Gasteiger partial charge is 0.327 e. The molecule has 3 rings (SSSR count). The Kier molecular flexibility index (Phi) is 4.01. The monoisotopic (exact) mass is 283 g/mol. The predicted molar refractivity (Wildman–Crippen MR) is 83.9 cm³/mol. The van der Waals surface area contributed by atoms with Crippen molar-refractivity contribution in [3.63, 3.8) is 0 Å². The van der Waals surface area contributed by atoms with E-state index in [0.29, 0.717) is 6.04 Å². The molecule has 1 aromatic carbocycles. The Morgan fingerprint density at radius 1 is 1.24 bits per heavy atom. The van der Waals surface area contributed by atoms with Crippen molar-refractivity contribution in [1.29, 1.82) is 0 Å². The molecule has 0 spiro atoms. The van der Waals surface area contributed by atoms with Crippen LogP contribution in [-0.2, 0) is 19.6 Å². The second-order valence-electron chi connectivity index (χ2n) is 5.27. The van der Waals surface area contributed by atoms with Crippen molar-refractivity contribution in [3.05, 3.63) is 48.5 Å². The maximum absolute atomic E-state index is 4.73. The van der Waals surface area contributed by atoms with E-state index >= 15 is 0 Å². The highest BCUT2D eigenvalue weighted by Crippen LogP contribution is 2.15. The first-order chi connectivity index (χ1) is 10.3. The first-order valence-corrected chi connectivity index (χ1v) is 7.43. The quantitative estimate of drug-likeness (QED) is 0.756. The van der Waals surface area contributed by atoms with E-state index in [-0.39, 0.29) is 0 Å². The van der Waals surface area contributed by atoms with Gasteiger partial charge in [0.15, 0.2) is 0 Å². The van der Waals surface area contributed by atoms with Crippen LogP contribution in [0.25, 0.3) is 11.0 Å². The molecule has 2 heterocycles. The Balaban J connectivity index is 1.70. The Hall–Kier alpha value is -2.14. The summed E-state index contributed by atoms with van der Waals surface area (Å²) in [6.07, 6.45) is 3.79. The number of benzene rings is 1. The van der Waals surface area contributed by atoms with Gasteiger partial charge in [-0.15, -0.1) is 0 Å². The fourth-order valence-corrected chi connectivity index (χ4v) is 2.63. The molecule has 0 radical (unpaired) electrons. The molecular weight excluding hydrogens is 262 g/mol. The van der Waals surface area contributed by atoms with Gasteiger partial charge in [-0.25, -0.2) is 4.98 Å². The molecule has 0 saturated heterocycles. The summed E-state index contributed by atoms with van der Waals surface area (Å²) in [4.78, 5) is 4.73. The Morgan fingerprint density at radius 2 is 2.10 bits per heavy atom. The highest BCUT2D eigenvalue weighted by molar-refractivity contribution is 5.75. The highest BCUT2D eigenvalue weighted by Gasteiger charge is 2.10. The van der Waals surface area contributed by atoms with Gasteiger partial charge in [-0.3, -0.25) is 4.68 Å². The summed E-state index contributed by atoms with van der Waals surface area (Å²) in [6.45, 7) is 6.89. The number of aryl methyl sites for hydroxylation is 1. The maximum atomic E-state index is 4.73. The smallest absolute Gasteiger partial charge is 0.123 e. The minimum absolute atomic E-state index is 0.343. The Labute approximate surface area is 124 Å². The molecule has 2 aromatic heterocycles. The van der Waals surface area contributed by atoms with Crippen molar-refractivity contribution in [1.82, 2.24) is 24.6 Å². The van der Waals surface area contributed by atoms with Crippen LogP contribution in [0.1, 0.15) is 19.7 Å². The van der Waals surface area contributed by atoms with Gasteiger partial charge >= 0.3 is 0 Å². The number of hydrogen-bond acceptors (Lipinski definition) is 3. The van der Waals surface area contributed by atoms with Crippen LogP contribution in [0, 0.1) is 0 Å². The van der Waals surface area contributed by atoms with E-state index in [2.05, 4.69) is 47.0 Å². The lowest BCUT2D eigenvalue weighted by molar-refractivity contribution is 0.441. The van der Waals surface area contributed by atoms with Crippen molar-refractivity contribution < 1.29 is 0 Å². The van der Waals surface area contributed by atoms with Crippen LogP contribution in [0.5, 0.6) is 0 Å². The van der Waals surface area contributed by atoms with Gasteiger partial charge < -0.3 is 9.88 Å². The van der Waals surface area contributed by atoms with Crippen LogP contribution in [0.3, 0.4) is 0 Å². The molecule has 0 aliphatic heterocycles. The lowest BCUT2D eigenvalue weighted by Crippen LogP contribution is -2.31. The third-order valence-corrected chi connectivity index (χ3v) is 3.68. The van der Waals surface area contributed by atoms with E-state index in [1.807, 2.05) is 29.2 Å². The number of nitrogens with zero attached hydrogens (tertiary/aromatic N) is 4. The average molecular weight is 283 g/mol. The third kappa shape index (κ3) is 2.97. The Bertz CT molecular complexity index is 699. The summed E-state index contributed by atoms with van der Waals surface area (Å²) in [5.41, 5.74) is 2.27. The van der Waals surface area contributed by atoms with Crippen LogP contribution in [0.2, 0.25) is 0 Å². The summed E-state index contributed by atoms with van der Waals surface area (Å²) in [5.74, 6) is 1.09. The van der Waals surface area contributed by atoms with Crippen LogP contribution >= 0.6 is 0 Å². The van der Waals surface area contributed by atoms with Crippen LogP contribution < -0.4 is 5.32 Å². The first kappa shape index (κ1) is 13.8. The molecule has 1 N–H and O–H groups in total.